The fourth-order valence-electron chi connectivity index (χ4n) is 3.55. The average Bonchev–Trinajstić information content (AvgIpc) is 3.53. The van der Waals surface area contributed by atoms with Gasteiger partial charge in [0.15, 0.2) is 11.5 Å². The number of carboxylic acid groups (broad SMARTS) is 1. The molecule has 0 spiro atoms. The van der Waals surface area contributed by atoms with Crippen LogP contribution in [0.2, 0.25) is 0 Å². The van der Waals surface area contributed by atoms with E-state index < -0.39 is 23.6 Å². The van der Waals surface area contributed by atoms with Crippen LogP contribution >= 0.6 is 0 Å². The van der Waals surface area contributed by atoms with Gasteiger partial charge < -0.3 is 19.3 Å². The van der Waals surface area contributed by atoms with E-state index in [4.69, 9.17) is 19.3 Å². The second-order valence-electron chi connectivity index (χ2n) is 7.25. The minimum Gasteiger partial charge on any atom is -0.488 e. The van der Waals surface area contributed by atoms with E-state index in [-0.39, 0.29) is 29.6 Å². The zero-order valence-electron chi connectivity index (χ0n) is 14.4. The molecule has 5 nitrogen and oxygen atoms in total. The van der Waals surface area contributed by atoms with Crippen LogP contribution in [0.5, 0.6) is 23.0 Å². The average molecular weight is 392 g/mol. The molecule has 3 aliphatic rings. The van der Waals surface area contributed by atoms with E-state index in [1.54, 1.807) is 18.2 Å². The van der Waals surface area contributed by atoms with Crippen LogP contribution in [0.1, 0.15) is 29.9 Å². The molecule has 2 saturated carbocycles. The van der Waals surface area contributed by atoms with Gasteiger partial charge in [-0.3, -0.25) is 4.79 Å². The molecule has 1 heterocycles. The van der Waals surface area contributed by atoms with Crippen LogP contribution in [-0.4, -0.2) is 23.3 Å². The van der Waals surface area contributed by atoms with Crippen LogP contribution < -0.4 is 14.2 Å². The van der Waals surface area contributed by atoms with Crippen molar-refractivity contribution in [1.29, 1.82) is 0 Å². The molecule has 28 heavy (non-hydrogen) atoms. The first-order valence-electron chi connectivity index (χ1n) is 8.90. The molecular weight excluding hydrogens is 377 g/mol. The lowest BCUT2D eigenvalue weighted by Gasteiger charge is -2.15. The lowest BCUT2D eigenvalue weighted by molar-refractivity contribution is -0.139. The summed E-state index contributed by atoms with van der Waals surface area (Å²) < 4.78 is 56.0. The van der Waals surface area contributed by atoms with Gasteiger partial charge in [-0.15, -0.1) is 0 Å². The molecule has 3 atom stereocenters. The highest BCUT2D eigenvalue weighted by atomic mass is 19.4. The molecule has 0 saturated heterocycles. The van der Waals surface area contributed by atoms with Crippen molar-refractivity contribution in [2.45, 2.75) is 37.1 Å². The summed E-state index contributed by atoms with van der Waals surface area (Å²) in [5.74, 6) is -0.394. The maximum atomic E-state index is 13.0. The van der Waals surface area contributed by atoms with Gasteiger partial charge in [-0.05, 0) is 37.1 Å². The summed E-state index contributed by atoms with van der Waals surface area (Å²) in [4.78, 5) is 11.1. The highest BCUT2D eigenvalue weighted by Gasteiger charge is 2.63. The molecule has 0 amide bonds. The molecule has 1 aliphatic heterocycles. The summed E-state index contributed by atoms with van der Waals surface area (Å²) in [6.45, 7) is 0. The van der Waals surface area contributed by atoms with E-state index in [1.165, 1.54) is 6.07 Å². The standard InChI is InChI=1S/C20H15F3O5/c21-20(22,23)9-1-6-13(15(7-9)26-10-2-3-10)27-11-4-5-12-14(8-11)28-18-16(12)17(18)19(24)25/h1,4-8,10,16-18H,2-3H2,(H,24,25)/t16?,17?,18-/m1/s1. The van der Waals surface area contributed by atoms with Crippen molar-refractivity contribution < 1.29 is 37.3 Å². The second-order valence-corrected chi connectivity index (χ2v) is 7.25. The van der Waals surface area contributed by atoms with Crippen LogP contribution in [0.25, 0.3) is 0 Å². The fraction of sp³-hybridized carbons (Fsp3) is 0.350. The van der Waals surface area contributed by atoms with Crippen LogP contribution in [0.3, 0.4) is 0 Å². The highest BCUT2D eigenvalue weighted by Crippen LogP contribution is 2.59. The minimum atomic E-state index is -4.47. The van der Waals surface area contributed by atoms with Gasteiger partial charge in [0, 0.05) is 17.5 Å². The van der Waals surface area contributed by atoms with Crippen molar-refractivity contribution in [3.8, 4) is 23.0 Å². The number of alkyl halides is 3. The van der Waals surface area contributed by atoms with Crippen LogP contribution in [0.15, 0.2) is 36.4 Å². The molecule has 0 aromatic heterocycles. The lowest BCUT2D eigenvalue weighted by Crippen LogP contribution is -2.08. The molecule has 2 aromatic carbocycles. The van der Waals surface area contributed by atoms with E-state index in [1.807, 2.05) is 0 Å². The van der Waals surface area contributed by atoms with Crippen molar-refractivity contribution in [3.05, 3.63) is 47.5 Å². The maximum absolute atomic E-state index is 13.0. The summed E-state index contributed by atoms with van der Waals surface area (Å²) in [7, 11) is 0. The van der Waals surface area contributed by atoms with Crippen molar-refractivity contribution in [2.24, 2.45) is 5.92 Å². The summed E-state index contributed by atoms with van der Waals surface area (Å²) >= 11 is 0. The van der Waals surface area contributed by atoms with Gasteiger partial charge in [-0.1, -0.05) is 6.07 Å². The summed E-state index contributed by atoms with van der Waals surface area (Å²) in [6.07, 6.45) is -3.31. The summed E-state index contributed by atoms with van der Waals surface area (Å²) in [6, 6.07) is 8.16. The van der Waals surface area contributed by atoms with Gasteiger partial charge in [-0.2, -0.15) is 13.2 Å². The predicted octanol–water partition coefficient (Wildman–Crippen LogP) is 4.60. The number of benzene rings is 2. The largest absolute Gasteiger partial charge is 0.488 e. The first-order chi connectivity index (χ1) is 13.3. The number of rotatable bonds is 5. The molecule has 5 rings (SSSR count). The Morgan fingerprint density at radius 1 is 1.11 bits per heavy atom. The number of fused-ring (bicyclic) bond motifs is 3. The third-order valence-corrected chi connectivity index (χ3v) is 5.16. The second kappa shape index (κ2) is 5.80. The van der Waals surface area contributed by atoms with E-state index >= 15 is 0 Å². The topological polar surface area (TPSA) is 65.0 Å². The Hall–Kier alpha value is -2.90. The molecule has 146 valence electrons. The zero-order valence-corrected chi connectivity index (χ0v) is 14.4. The molecule has 2 fully saturated rings. The van der Waals surface area contributed by atoms with E-state index in [2.05, 4.69) is 0 Å². The van der Waals surface area contributed by atoms with Crippen LogP contribution in [0.4, 0.5) is 13.2 Å². The number of ether oxygens (including phenoxy) is 3. The Labute approximate surface area is 157 Å². The Bertz CT molecular complexity index is 967. The summed E-state index contributed by atoms with van der Waals surface area (Å²) in [5.41, 5.74) is 0.0132. The summed E-state index contributed by atoms with van der Waals surface area (Å²) in [5, 5.41) is 9.12. The van der Waals surface area contributed by atoms with Crippen molar-refractivity contribution in [3.63, 3.8) is 0 Å². The fourth-order valence-corrected chi connectivity index (χ4v) is 3.55. The Morgan fingerprint density at radius 3 is 2.57 bits per heavy atom. The quantitative estimate of drug-likeness (QED) is 0.806. The predicted molar refractivity (Wildman–Crippen MR) is 89.9 cm³/mol. The van der Waals surface area contributed by atoms with Crippen LogP contribution in [0, 0.1) is 5.92 Å². The van der Waals surface area contributed by atoms with Gasteiger partial charge in [0.25, 0.3) is 0 Å². The number of aliphatic carboxylic acids is 1. The highest BCUT2D eigenvalue weighted by molar-refractivity contribution is 5.79. The van der Waals surface area contributed by atoms with Gasteiger partial charge >= 0.3 is 12.1 Å². The van der Waals surface area contributed by atoms with Gasteiger partial charge in [0.1, 0.15) is 23.5 Å². The number of carbonyl (C=O) groups is 1. The van der Waals surface area contributed by atoms with Gasteiger partial charge in [-0.25, -0.2) is 0 Å². The molecule has 2 aromatic rings. The number of hydrogen-bond acceptors (Lipinski definition) is 4. The van der Waals surface area contributed by atoms with E-state index in [0.717, 1.165) is 30.5 Å². The molecule has 0 radical (unpaired) electrons. The Morgan fingerprint density at radius 2 is 1.89 bits per heavy atom. The smallest absolute Gasteiger partial charge is 0.416 e. The van der Waals surface area contributed by atoms with Gasteiger partial charge in [0.2, 0.25) is 0 Å². The first kappa shape index (κ1) is 17.2. The Balaban J connectivity index is 1.40. The number of carboxylic acids is 1. The molecule has 2 aliphatic carbocycles. The van der Waals surface area contributed by atoms with E-state index in [0.29, 0.717) is 11.5 Å². The monoisotopic (exact) mass is 392 g/mol. The first-order valence-corrected chi connectivity index (χ1v) is 8.90. The molecule has 2 unspecified atom stereocenters. The zero-order chi connectivity index (χ0) is 19.6. The maximum Gasteiger partial charge on any atom is 0.416 e. The minimum absolute atomic E-state index is 0.0486. The third-order valence-electron chi connectivity index (χ3n) is 5.16. The normalized spacial score (nSPS) is 24.8. The van der Waals surface area contributed by atoms with Crippen molar-refractivity contribution in [2.75, 3.05) is 0 Å². The van der Waals surface area contributed by atoms with Gasteiger partial charge in [0.05, 0.1) is 11.7 Å². The molecular formula is C20H15F3O5. The van der Waals surface area contributed by atoms with Crippen molar-refractivity contribution >= 4 is 5.97 Å². The molecule has 1 N–H and O–H groups in total. The van der Waals surface area contributed by atoms with Crippen LogP contribution in [-0.2, 0) is 11.0 Å². The molecule has 0 bridgehead atoms. The molecule has 8 heteroatoms. The number of halogens is 3. The lowest BCUT2D eigenvalue weighted by atomic mass is 10.1. The van der Waals surface area contributed by atoms with Crippen molar-refractivity contribution in [1.82, 2.24) is 0 Å². The Kier molecular flexibility index (Phi) is 3.56. The third kappa shape index (κ3) is 2.93. The van der Waals surface area contributed by atoms with E-state index in [9.17, 15) is 18.0 Å². The SMILES string of the molecule is O=C(O)C1C2c3ccc(Oc4ccc(C(F)(F)F)cc4OC4CC4)cc3O[C@@H]12. The number of hydrogen-bond donors (Lipinski definition) is 1.